The van der Waals surface area contributed by atoms with Crippen LogP contribution in [0.4, 0.5) is 14.6 Å². The highest BCUT2D eigenvalue weighted by atomic mass is 79.9. The van der Waals surface area contributed by atoms with Crippen LogP contribution < -0.4 is 5.32 Å². The molecule has 0 amide bonds. The molecular formula is C14H13BrF2N2. The van der Waals surface area contributed by atoms with Crippen molar-refractivity contribution in [2.45, 2.75) is 13.3 Å². The first-order valence-electron chi connectivity index (χ1n) is 5.86. The van der Waals surface area contributed by atoms with E-state index in [4.69, 9.17) is 0 Å². The number of hydrogen-bond acceptors (Lipinski definition) is 2. The van der Waals surface area contributed by atoms with Gasteiger partial charge in [0.15, 0.2) is 11.6 Å². The number of halogens is 3. The van der Waals surface area contributed by atoms with Crippen LogP contribution in [0.25, 0.3) is 0 Å². The zero-order valence-corrected chi connectivity index (χ0v) is 12.0. The number of nitrogens with zero attached hydrogens (tertiary/aromatic N) is 1. The van der Waals surface area contributed by atoms with Crippen LogP contribution in [0.15, 0.2) is 34.9 Å². The van der Waals surface area contributed by atoms with Crippen LogP contribution in [0, 0.1) is 18.6 Å². The van der Waals surface area contributed by atoms with Gasteiger partial charge in [0.1, 0.15) is 5.82 Å². The summed E-state index contributed by atoms with van der Waals surface area (Å²) in [6.45, 7) is 2.57. The molecule has 2 aromatic rings. The summed E-state index contributed by atoms with van der Waals surface area (Å²) in [5, 5.41) is 3.17. The average molecular weight is 327 g/mol. The summed E-state index contributed by atoms with van der Waals surface area (Å²) >= 11 is 3.35. The Labute approximate surface area is 119 Å². The number of hydrogen-bond donors (Lipinski definition) is 1. The Morgan fingerprint density at radius 1 is 1.21 bits per heavy atom. The van der Waals surface area contributed by atoms with Gasteiger partial charge in [-0.15, -0.1) is 0 Å². The first-order chi connectivity index (χ1) is 9.06. The van der Waals surface area contributed by atoms with Crippen molar-refractivity contribution < 1.29 is 8.78 Å². The van der Waals surface area contributed by atoms with Crippen LogP contribution in [0.2, 0.25) is 0 Å². The van der Waals surface area contributed by atoms with E-state index in [9.17, 15) is 8.78 Å². The lowest BCUT2D eigenvalue weighted by atomic mass is 10.1. The molecule has 0 fully saturated rings. The van der Waals surface area contributed by atoms with Gasteiger partial charge in [0.2, 0.25) is 0 Å². The van der Waals surface area contributed by atoms with E-state index in [2.05, 4.69) is 26.2 Å². The summed E-state index contributed by atoms with van der Waals surface area (Å²) in [6.07, 6.45) is 2.32. The second kappa shape index (κ2) is 6.10. The van der Waals surface area contributed by atoms with Gasteiger partial charge in [-0.25, -0.2) is 13.8 Å². The number of aromatic nitrogens is 1. The van der Waals surface area contributed by atoms with Crippen molar-refractivity contribution >= 4 is 21.7 Å². The van der Waals surface area contributed by atoms with Gasteiger partial charge in [-0.2, -0.15) is 0 Å². The molecule has 0 atom stereocenters. The fraction of sp³-hybridized carbons (Fsp3) is 0.214. The minimum absolute atomic E-state index is 0.606. The third kappa shape index (κ3) is 3.73. The first-order valence-corrected chi connectivity index (χ1v) is 6.65. The van der Waals surface area contributed by atoms with E-state index in [0.717, 1.165) is 27.5 Å². The molecule has 19 heavy (non-hydrogen) atoms. The van der Waals surface area contributed by atoms with Crippen molar-refractivity contribution in [2.24, 2.45) is 0 Å². The molecule has 1 aromatic carbocycles. The van der Waals surface area contributed by atoms with Gasteiger partial charge >= 0.3 is 0 Å². The Bertz CT molecular complexity index is 588. The van der Waals surface area contributed by atoms with Crippen molar-refractivity contribution in [3.8, 4) is 0 Å². The van der Waals surface area contributed by atoms with E-state index in [1.165, 1.54) is 6.07 Å². The van der Waals surface area contributed by atoms with E-state index < -0.39 is 11.6 Å². The average Bonchev–Trinajstić information content (AvgIpc) is 2.36. The SMILES string of the molecule is Cc1cc(Br)cnc1NCCc1ccc(F)c(F)c1. The lowest BCUT2D eigenvalue weighted by molar-refractivity contribution is 0.507. The summed E-state index contributed by atoms with van der Waals surface area (Å²) in [7, 11) is 0. The molecule has 1 N–H and O–H groups in total. The van der Waals surface area contributed by atoms with Crippen LogP contribution >= 0.6 is 15.9 Å². The number of nitrogens with one attached hydrogen (secondary N) is 1. The van der Waals surface area contributed by atoms with Gasteiger partial charge in [0.05, 0.1) is 0 Å². The molecule has 0 aliphatic rings. The molecule has 1 heterocycles. The number of pyridine rings is 1. The van der Waals surface area contributed by atoms with Crippen molar-refractivity contribution in [1.29, 1.82) is 0 Å². The van der Waals surface area contributed by atoms with Crippen molar-refractivity contribution in [3.63, 3.8) is 0 Å². The molecule has 0 bridgehead atoms. The number of rotatable bonds is 4. The van der Waals surface area contributed by atoms with Gasteiger partial charge in [-0.3, -0.25) is 0 Å². The largest absolute Gasteiger partial charge is 0.370 e. The molecule has 5 heteroatoms. The Kier molecular flexibility index (Phi) is 4.47. The van der Waals surface area contributed by atoms with Gasteiger partial charge in [0, 0.05) is 17.2 Å². The van der Waals surface area contributed by atoms with Crippen LogP contribution in [-0.2, 0) is 6.42 Å². The second-order valence-electron chi connectivity index (χ2n) is 4.24. The molecule has 0 spiro atoms. The Morgan fingerprint density at radius 3 is 2.68 bits per heavy atom. The Balaban J connectivity index is 1.94. The molecule has 2 nitrogen and oxygen atoms in total. The third-order valence-electron chi connectivity index (χ3n) is 2.74. The van der Waals surface area contributed by atoms with Gasteiger partial charge in [-0.1, -0.05) is 6.07 Å². The van der Waals surface area contributed by atoms with Crippen LogP contribution in [0.3, 0.4) is 0 Å². The zero-order valence-electron chi connectivity index (χ0n) is 10.4. The summed E-state index contributed by atoms with van der Waals surface area (Å²) in [4.78, 5) is 4.25. The molecule has 0 saturated carbocycles. The molecule has 0 saturated heterocycles. The van der Waals surface area contributed by atoms with Crippen molar-refractivity contribution in [1.82, 2.24) is 4.98 Å². The summed E-state index contributed by atoms with van der Waals surface area (Å²) < 4.78 is 26.7. The molecule has 1 aromatic heterocycles. The van der Waals surface area contributed by atoms with E-state index in [0.29, 0.717) is 13.0 Å². The number of benzene rings is 1. The maximum atomic E-state index is 13.0. The summed E-state index contributed by atoms with van der Waals surface area (Å²) in [5.74, 6) is -0.830. The molecule has 0 radical (unpaired) electrons. The number of anilines is 1. The van der Waals surface area contributed by atoms with E-state index in [1.807, 2.05) is 13.0 Å². The molecule has 0 aliphatic carbocycles. The normalized spacial score (nSPS) is 10.5. The quantitative estimate of drug-likeness (QED) is 0.915. The van der Waals surface area contributed by atoms with Crippen molar-refractivity contribution in [3.05, 3.63) is 57.7 Å². The molecule has 0 unspecified atom stereocenters. The van der Waals surface area contributed by atoms with Gasteiger partial charge in [0.25, 0.3) is 0 Å². The van der Waals surface area contributed by atoms with Gasteiger partial charge < -0.3 is 5.32 Å². The van der Waals surface area contributed by atoms with E-state index in [-0.39, 0.29) is 0 Å². The highest BCUT2D eigenvalue weighted by molar-refractivity contribution is 9.10. The predicted octanol–water partition coefficient (Wildman–Crippen LogP) is 4.09. The highest BCUT2D eigenvalue weighted by Gasteiger charge is 2.03. The lowest BCUT2D eigenvalue weighted by Gasteiger charge is -2.08. The monoisotopic (exact) mass is 326 g/mol. The number of aryl methyl sites for hydroxylation is 1. The van der Waals surface area contributed by atoms with E-state index in [1.54, 1.807) is 12.3 Å². The minimum atomic E-state index is -0.817. The maximum absolute atomic E-state index is 13.0. The molecule has 0 aliphatic heterocycles. The zero-order chi connectivity index (χ0) is 13.8. The predicted molar refractivity (Wildman–Crippen MR) is 75.2 cm³/mol. The van der Waals surface area contributed by atoms with Crippen molar-refractivity contribution in [2.75, 3.05) is 11.9 Å². The molecular weight excluding hydrogens is 314 g/mol. The standard InChI is InChI=1S/C14H13BrF2N2/c1-9-6-11(15)8-19-14(9)18-5-4-10-2-3-12(16)13(17)7-10/h2-3,6-8H,4-5H2,1H3,(H,18,19). The highest BCUT2D eigenvalue weighted by Crippen LogP contribution is 2.17. The maximum Gasteiger partial charge on any atom is 0.159 e. The van der Waals surface area contributed by atoms with E-state index >= 15 is 0 Å². The third-order valence-corrected chi connectivity index (χ3v) is 3.17. The second-order valence-corrected chi connectivity index (χ2v) is 5.16. The Hall–Kier alpha value is -1.49. The topological polar surface area (TPSA) is 24.9 Å². The summed E-state index contributed by atoms with van der Waals surface area (Å²) in [5.41, 5.74) is 1.78. The van der Waals surface area contributed by atoms with Crippen LogP contribution in [-0.4, -0.2) is 11.5 Å². The smallest absolute Gasteiger partial charge is 0.159 e. The van der Waals surface area contributed by atoms with Crippen LogP contribution in [0.1, 0.15) is 11.1 Å². The Morgan fingerprint density at radius 2 is 2.00 bits per heavy atom. The fourth-order valence-electron chi connectivity index (χ4n) is 1.75. The first kappa shape index (κ1) is 13.9. The summed E-state index contributed by atoms with van der Waals surface area (Å²) in [6, 6.07) is 5.92. The fourth-order valence-corrected chi connectivity index (χ4v) is 2.19. The van der Waals surface area contributed by atoms with Crippen LogP contribution in [0.5, 0.6) is 0 Å². The lowest BCUT2D eigenvalue weighted by Crippen LogP contribution is -2.07. The minimum Gasteiger partial charge on any atom is -0.370 e. The molecule has 100 valence electrons. The van der Waals surface area contributed by atoms with Gasteiger partial charge in [-0.05, 0) is 58.6 Å². The molecule has 2 rings (SSSR count).